The molecule has 140 valence electrons. The van der Waals surface area contributed by atoms with Crippen molar-refractivity contribution in [2.75, 3.05) is 6.61 Å². The van der Waals surface area contributed by atoms with Crippen molar-refractivity contribution >= 4 is 59.9 Å². The molecule has 28 heavy (non-hydrogen) atoms. The minimum atomic E-state index is -0.504. The van der Waals surface area contributed by atoms with Gasteiger partial charge in [-0.15, -0.1) is 0 Å². The van der Waals surface area contributed by atoms with Gasteiger partial charge in [-0.1, -0.05) is 42.5 Å². The summed E-state index contributed by atoms with van der Waals surface area (Å²) in [7, 11) is 0. The lowest BCUT2D eigenvalue weighted by Crippen LogP contribution is -2.16. The standard InChI is InChI=1S/C21H14Br2N2O3/c22-14-10-15(23)21(20-19(14)24-16-8-4-5-9-17(16)25-20)28-18(26)12-27-11-13-6-2-1-3-7-13/h1-10H,11-12H2. The average Bonchev–Trinajstić information content (AvgIpc) is 2.71. The zero-order chi connectivity index (χ0) is 19.5. The minimum absolute atomic E-state index is 0.167. The molecule has 0 bridgehead atoms. The molecule has 0 atom stereocenters. The van der Waals surface area contributed by atoms with Crippen LogP contribution in [0, 0.1) is 0 Å². The van der Waals surface area contributed by atoms with Gasteiger partial charge in [-0.2, -0.15) is 0 Å². The van der Waals surface area contributed by atoms with E-state index >= 15 is 0 Å². The maximum absolute atomic E-state index is 12.3. The Hall–Kier alpha value is -2.35. The molecule has 7 heteroatoms. The molecule has 0 saturated heterocycles. The Balaban J connectivity index is 1.58. The van der Waals surface area contributed by atoms with Crippen LogP contribution in [0.25, 0.3) is 22.1 Å². The van der Waals surface area contributed by atoms with Crippen molar-refractivity contribution in [1.29, 1.82) is 0 Å². The third kappa shape index (κ3) is 4.06. The van der Waals surface area contributed by atoms with E-state index in [1.165, 1.54) is 0 Å². The number of hydrogen-bond donors (Lipinski definition) is 0. The summed E-state index contributed by atoms with van der Waals surface area (Å²) in [4.78, 5) is 21.6. The Kier molecular flexibility index (Phi) is 5.66. The number of esters is 1. The molecule has 0 aliphatic heterocycles. The topological polar surface area (TPSA) is 61.3 Å². The highest BCUT2D eigenvalue weighted by atomic mass is 79.9. The zero-order valence-corrected chi connectivity index (χ0v) is 17.7. The van der Waals surface area contributed by atoms with E-state index in [1.807, 2.05) is 54.6 Å². The number of ether oxygens (including phenoxy) is 2. The molecule has 0 amide bonds. The number of carbonyl (C=O) groups is 1. The molecular weight excluding hydrogens is 488 g/mol. The first-order valence-electron chi connectivity index (χ1n) is 8.48. The largest absolute Gasteiger partial charge is 0.421 e. The van der Waals surface area contributed by atoms with Crippen LogP contribution in [0.4, 0.5) is 0 Å². The van der Waals surface area contributed by atoms with Crippen LogP contribution in [0.15, 0.2) is 69.6 Å². The highest BCUT2D eigenvalue weighted by Gasteiger charge is 2.18. The van der Waals surface area contributed by atoms with Crippen LogP contribution in [0.2, 0.25) is 0 Å². The van der Waals surface area contributed by atoms with Crippen molar-refractivity contribution in [2.45, 2.75) is 6.61 Å². The van der Waals surface area contributed by atoms with Crippen LogP contribution in [0.5, 0.6) is 5.75 Å². The lowest BCUT2D eigenvalue weighted by molar-refractivity contribution is -0.139. The smallest absolute Gasteiger partial charge is 0.337 e. The second-order valence-corrected chi connectivity index (χ2v) is 7.74. The fraction of sp³-hybridized carbons (Fsp3) is 0.0952. The van der Waals surface area contributed by atoms with Gasteiger partial charge in [0.05, 0.1) is 22.1 Å². The number of carbonyl (C=O) groups excluding carboxylic acids is 1. The number of nitrogens with zero attached hydrogens (tertiary/aromatic N) is 2. The predicted octanol–water partition coefficient (Wildman–Crippen LogP) is 5.43. The molecular formula is C21H14Br2N2O3. The third-order valence-electron chi connectivity index (χ3n) is 4.03. The van der Waals surface area contributed by atoms with Crippen LogP contribution in [0.3, 0.4) is 0 Å². The van der Waals surface area contributed by atoms with Crippen LogP contribution in [-0.2, 0) is 16.1 Å². The van der Waals surface area contributed by atoms with E-state index in [0.717, 1.165) is 21.1 Å². The molecule has 4 rings (SSSR count). The van der Waals surface area contributed by atoms with Gasteiger partial charge in [-0.3, -0.25) is 0 Å². The number of hydrogen-bond acceptors (Lipinski definition) is 5. The van der Waals surface area contributed by atoms with Crippen molar-refractivity contribution in [1.82, 2.24) is 9.97 Å². The maximum atomic E-state index is 12.3. The fourth-order valence-electron chi connectivity index (χ4n) is 2.75. The summed E-state index contributed by atoms with van der Waals surface area (Å²) >= 11 is 6.95. The van der Waals surface area contributed by atoms with Gasteiger partial charge in [0.2, 0.25) is 0 Å². The summed E-state index contributed by atoms with van der Waals surface area (Å²) in [6.07, 6.45) is 0. The molecule has 0 unspecified atom stereocenters. The summed E-state index contributed by atoms with van der Waals surface area (Å²) in [5.74, 6) is -0.181. The second kappa shape index (κ2) is 8.34. The molecule has 0 radical (unpaired) electrons. The van der Waals surface area contributed by atoms with E-state index in [0.29, 0.717) is 27.9 Å². The average molecular weight is 502 g/mol. The number of fused-ring (bicyclic) bond motifs is 2. The summed E-state index contributed by atoms with van der Waals surface area (Å²) < 4.78 is 12.4. The molecule has 1 aromatic heterocycles. The molecule has 4 aromatic rings. The Labute approximate surface area is 178 Å². The van der Waals surface area contributed by atoms with Crippen molar-refractivity contribution in [3.05, 3.63) is 75.2 Å². The van der Waals surface area contributed by atoms with E-state index in [4.69, 9.17) is 9.47 Å². The van der Waals surface area contributed by atoms with Gasteiger partial charge in [0.15, 0.2) is 5.75 Å². The zero-order valence-electron chi connectivity index (χ0n) is 14.6. The highest BCUT2D eigenvalue weighted by Crippen LogP contribution is 2.37. The minimum Gasteiger partial charge on any atom is -0.421 e. The number of aromatic nitrogens is 2. The highest BCUT2D eigenvalue weighted by molar-refractivity contribution is 9.11. The van der Waals surface area contributed by atoms with E-state index in [-0.39, 0.29) is 6.61 Å². The van der Waals surface area contributed by atoms with Crippen molar-refractivity contribution < 1.29 is 14.3 Å². The maximum Gasteiger partial charge on any atom is 0.337 e. The molecule has 0 spiro atoms. The van der Waals surface area contributed by atoms with Gasteiger partial charge >= 0.3 is 5.97 Å². The molecule has 0 N–H and O–H groups in total. The molecule has 5 nitrogen and oxygen atoms in total. The first-order valence-corrected chi connectivity index (χ1v) is 10.1. The van der Waals surface area contributed by atoms with Crippen LogP contribution < -0.4 is 4.74 Å². The van der Waals surface area contributed by atoms with Crippen molar-refractivity contribution in [3.8, 4) is 5.75 Å². The summed E-state index contributed by atoms with van der Waals surface area (Å²) in [5, 5.41) is 0. The summed E-state index contributed by atoms with van der Waals surface area (Å²) in [6.45, 7) is 0.169. The van der Waals surface area contributed by atoms with E-state index in [9.17, 15) is 4.79 Å². The first kappa shape index (κ1) is 19.0. The molecule has 0 saturated carbocycles. The SMILES string of the molecule is O=C(COCc1ccccc1)Oc1c(Br)cc(Br)c2nc3ccccc3nc12. The molecule has 0 aliphatic rings. The second-order valence-electron chi connectivity index (χ2n) is 6.03. The molecule has 0 fully saturated rings. The number of benzene rings is 3. The normalized spacial score (nSPS) is 11.1. The van der Waals surface area contributed by atoms with Gasteiger partial charge in [-0.05, 0) is 55.6 Å². The quantitative estimate of drug-likeness (QED) is 0.207. The first-order chi connectivity index (χ1) is 13.6. The molecule has 3 aromatic carbocycles. The molecule has 0 aliphatic carbocycles. The Morgan fingerprint density at radius 1 is 0.857 bits per heavy atom. The predicted molar refractivity (Wildman–Crippen MR) is 114 cm³/mol. The third-order valence-corrected chi connectivity index (χ3v) is 5.22. The monoisotopic (exact) mass is 500 g/mol. The number of halogens is 2. The number of para-hydroxylation sites is 2. The van der Waals surface area contributed by atoms with Gasteiger partial charge in [0.1, 0.15) is 17.6 Å². The van der Waals surface area contributed by atoms with Crippen LogP contribution >= 0.6 is 31.9 Å². The molecule has 1 heterocycles. The van der Waals surface area contributed by atoms with Crippen LogP contribution in [-0.4, -0.2) is 22.5 Å². The van der Waals surface area contributed by atoms with Crippen molar-refractivity contribution in [2.24, 2.45) is 0 Å². The lowest BCUT2D eigenvalue weighted by atomic mass is 10.2. The Morgan fingerprint density at radius 2 is 1.50 bits per heavy atom. The summed E-state index contributed by atoms with van der Waals surface area (Å²) in [6, 6.07) is 19.0. The van der Waals surface area contributed by atoms with Gasteiger partial charge in [-0.25, -0.2) is 14.8 Å². The van der Waals surface area contributed by atoms with Gasteiger partial charge < -0.3 is 9.47 Å². The van der Waals surface area contributed by atoms with E-state index in [2.05, 4.69) is 41.8 Å². The fourth-order valence-corrected chi connectivity index (χ4v) is 4.06. The summed E-state index contributed by atoms with van der Waals surface area (Å²) in [5.41, 5.74) is 3.59. The number of rotatable bonds is 5. The van der Waals surface area contributed by atoms with Gasteiger partial charge in [0, 0.05) is 4.47 Å². The van der Waals surface area contributed by atoms with Crippen molar-refractivity contribution in [3.63, 3.8) is 0 Å². The lowest BCUT2D eigenvalue weighted by Gasteiger charge is -2.11. The Bertz CT molecular complexity index is 1170. The Morgan fingerprint density at radius 3 is 2.21 bits per heavy atom. The van der Waals surface area contributed by atoms with E-state index < -0.39 is 5.97 Å². The van der Waals surface area contributed by atoms with Crippen LogP contribution in [0.1, 0.15) is 5.56 Å². The van der Waals surface area contributed by atoms with Gasteiger partial charge in [0.25, 0.3) is 0 Å². The van der Waals surface area contributed by atoms with E-state index in [1.54, 1.807) is 6.07 Å².